The van der Waals surface area contributed by atoms with E-state index in [1.54, 1.807) is 43.3 Å². The molecule has 0 bridgehead atoms. The Kier molecular flexibility index (Phi) is 5.56. The Balaban J connectivity index is 2.39. The average Bonchev–Trinajstić information content (AvgIpc) is 2.55. The number of nitrogens with zero attached hydrogens (tertiary/aromatic N) is 2. The molecule has 24 heavy (non-hydrogen) atoms. The van der Waals surface area contributed by atoms with Gasteiger partial charge in [0.25, 0.3) is 0 Å². The minimum atomic E-state index is -0.731. The first-order valence-corrected chi connectivity index (χ1v) is 7.35. The number of allylic oxidation sites excluding steroid dienone is 1. The number of hydrogen-bond donors (Lipinski definition) is 0. The second-order valence-corrected chi connectivity index (χ2v) is 5.53. The number of rotatable bonds is 5. The number of hydrogen-bond acceptors (Lipinski definition) is 4. The molecule has 0 aliphatic carbocycles. The third kappa shape index (κ3) is 4.12. The molecule has 4 nitrogen and oxygen atoms in total. The predicted molar refractivity (Wildman–Crippen MR) is 89.3 cm³/mol. The van der Waals surface area contributed by atoms with Crippen LogP contribution in [0.5, 0.6) is 5.75 Å². The molecule has 0 amide bonds. The molecule has 0 aromatic heterocycles. The summed E-state index contributed by atoms with van der Waals surface area (Å²) in [6.45, 7) is 0. The summed E-state index contributed by atoms with van der Waals surface area (Å²) in [5.41, 5.74) is 0.414. The number of ether oxygens (including phenoxy) is 1. The van der Waals surface area contributed by atoms with Gasteiger partial charge in [-0.05, 0) is 30.3 Å². The van der Waals surface area contributed by atoms with E-state index in [0.717, 1.165) is 6.07 Å². The number of carbonyl (C=O) groups is 1. The Morgan fingerprint density at radius 1 is 1.29 bits per heavy atom. The molecule has 122 valence electrons. The normalized spacial score (nSPS) is 10.9. The molecule has 0 radical (unpaired) electrons. The molecule has 0 spiro atoms. The lowest BCUT2D eigenvalue weighted by Gasteiger charge is -2.14. The summed E-state index contributed by atoms with van der Waals surface area (Å²) in [7, 11) is 3.41. The summed E-state index contributed by atoms with van der Waals surface area (Å²) in [4.78, 5) is 14.3. The Hall–Kier alpha value is -2.84. The maximum absolute atomic E-state index is 14.0. The van der Waals surface area contributed by atoms with Crippen LogP contribution in [0.2, 0.25) is 5.02 Å². The van der Waals surface area contributed by atoms with Gasteiger partial charge in [-0.3, -0.25) is 4.79 Å². The van der Waals surface area contributed by atoms with E-state index in [-0.39, 0.29) is 27.7 Å². The van der Waals surface area contributed by atoms with E-state index in [2.05, 4.69) is 0 Å². The maximum Gasteiger partial charge on any atom is 0.231 e. The fourth-order valence-electron chi connectivity index (χ4n) is 1.92. The van der Waals surface area contributed by atoms with Gasteiger partial charge >= 0.3 is 0 Å². The van der Waals surface area contributed by atoms with Crippen LogP contribution < -0.4 is 4.74 Å². The van der Waals surface area contributed by atoms with Gasteiger partial charge in [-0.2, -0.15) is 5.26 Å². The van der Waals surface area contributed by atoms with Gasteiger partial charge in [-0.1, -0.05) is 23.7 Å². The summed E-state index contributed by atoms with van der Waals surface area (Å²) in [6.07, 6.45) is 1.43. The van der Waals surface area contributed by atoms with Crippen molar-refractivity contribution < 1.29 is 13.9 Å². The highest BCUT2D eigenvalue weighted by molar-refractivity contribution is 6.34. The summed E-state index contributed by atoms with van der Waals surface area (Å²) in [5, 5.41) is 9.05. The lowest BCUT2D eigenvalue weighted by atomic mass is 10.1. The molecule has 2 aromatic carbocycles. The maximum atomic E-state index is 14.0. The molecule has 6 heteroatoms. The van der Waals surface area contributed by atoms with Gasteiger partial charge in [0.05, 0.1) is 16.7 Å². The fourth-order valence-corrected chi connectivity index (χ4v) is 2.14. The third-order valence-electron chi connectivity index (χ3n) is 3.00. The molecule has 0 N–H and O–H groups in total. The van der Waals surface area contributed by atoms with E-state index >= 15 is 0 Å². The first-order valence-electron chi connectivity index (χ1n) is 6.97. The number of Topliss-reactive ketones (excluding diaryl/α,β-unsaturated/α-hetero) is 1. The lowest BCUT2D eigenvalue weighted by Crippen LogP contribution is -2.15. The molecule has 2 aromatic rings. The van der Waals surface area contributed by atoms with E-state index < -0.39 is 11.6 Å². The molecule has 0 saturated heterocycles. The summed E-state index contributed by atoms with van der Waals surface area (Å²) < 4.78 is 19.5. The van der Waals surface area contributed by atoms with Gasteiger partial charge in [0, 0.05) is 25.9 Å². The highest BCUT2D eigenvalue weighted by Crippen LogP contribution is 2.24. The van der Waals surface area contributed by atoms with Crippen molar-refractivity contribution >= 4 is 17.4 Å². The van der Waals surface area contributed by atoms with E-state index in [1.165, 1.54) is 18.3 Å². The van der Waals surface area contributed by atoms with Crippen molar-refractivity contribution in [2.45, 2.75) is 0 Å². The van der Waals surface area contributed by atoms with Crippen molar-refractivity contribution in [2.75, 3.05) is 14.1 Å². The molecule has 0 aliphatic heterocycles. The molecule has 0 unspecified atom stereocenters. The second-order valence-electron chi connectivity index (χ2n) is 5.12. The first-order chi connectivity index (χ1) is 11.4. The second kappa shape index (κ2) is 7.62. The standard InChI is InChI=1S/C18H14ClFN2O2/c1-22(2)11-17(18(23)13-5-3-4-6-14(13)19)24-16-8-7-12(10-21)9-15(16)20/h3-9,11H,1-2H3/b17-11+. The molecule has 0 saturated carbocycles. The van der Waals surface area contributed by atoms with Gasteiger partial charge < -0.3 is 9.64 Å². The molecule has 0 aliphatic rings. The number of carbonyl (C=O) groups excluding carboxylic acids is 1. The molecule has 0 atom stereocenters. The molecular formula is C18H14ClFN2O2. The molecule has 0 fully saturated rings. The van der Waals surface area contributed by atoms with Crippen molar-refractivity contribution in [2.24, 2.45) is 0 Å². The van der Waals surface area contributed by atoms with Gasteiger partial charge in [0.15, 0.2) is 17.3 Å². The summed E-state index contributed by atoms with van der Waals surface area (Å²) in [5.74, 6) is -1.44. The molecule has 0 heterocycles. The summed E-state index contributed by atoms with van der Waals surface area (Å²) >= 11 is 6.05. The SMILES string of the molecule is CN(C)/C=C(/Oc1ccc(C#N)cc1F)C(=O)c1ccccc1Cl. The third-order valence-corrected chi connectivity index (χ3v) is 3.33. The minimum Gasteiger partial charge on any atom is -0.449 e. The van der Waals surface area contributed by atoms with Gasteiger partial charge in [0.2, 0.25) is 5.78 Å². The fraction of sp³-hybridized carbons (Fsp3) is 0.111. The minimum absolute atomic E-state index is 0.0864. The first kappa shape index (κ1) is 17.5. The van der Waals surface area contributed by atoms with Crippen LogP contribution in [0.15, 0.2) is 54.4 Å². The number of halogens is 2. The van der Waals surface area contributed by atoms with Crippen molar-refractivity contribution in [1.29, 1.82) is 5.26 Å². The van der Waals surface area contributed by atoms with E-state index in [0.29, 0.717) is 0 Å². The van der Waals surface area contributed by atoms with Gasteiger partial charge in [0.1, 0.15) is 0 Å². The van der Waals surface area contributed by atoms with Crippen LogP contribution in [0.4, 0.5) is 4.39 Å². The largest absolute Gasteiger partial charge is 0.449 e. The van der Waals surface area contributed by atoms with Crippen molar-refractivity contribution in [3.63, 3.8) is 0 Å². The smallest absolute Gasteiger partial charge is 0.231 e. The molecular weight excluding hydrogens is 331 g/mol. The highest BCUT2D eigenvalue weighted by atomic mass is 35.5. The zero-order chi connectivity index (χ0) is 17.7. The average molecular weight is 345 g/mol. The monoisotopic (exact) mass is 344 g/mol. The lowest BCUT2D eigenvalue weighted by molar-refractivity contribution is 0.0981. The van der Waals surface area contributed by atoms with Crippen LogP contribution in [0.25, 0.3) is 0 Å². The van der Waals surface area contributed by atoms with Crippen molar-refractivity contribution in [3.05, 3.63) is 76.4 Å². The Bertz CT molecular complexity index is 841. The summed E-state index contributed by atoms with van der Waals surface area (Å²) in [6, 6.07) is 12.1. The van der Waals surface area contributed by atoms with Crippen LogP contribution in [0, 0.1) is 17.1 Å². The Labute approximate surface area is 144 Å². The van der Waals surface area contributed by atoms with Crippen LogP contribution in [0.1, 0.15) is 15.9 Å². The van der Waals surface area contributed by atoms with Gasteiger partial charge in [-0.15, -0.1) is 0 Å². The number of ketones is 1. The van der Waals surface area contributed by atoms with Crippen LogP contribution in [-0.4, -0.2) is 24.8 Å². The quantitative estimate of drug-likeness (QED) is 0.467. The van der Waals surface area contributed by atoms with E-state index in [1.807, 2.05) is 6.07 Å². The van der Waals surface area contributed by atoms with Gasteiger partial charge in [-0.25, -0.2) is 4.39 Å². The van der Waals surface area contributed by atoms with Crippen LogP contribution >= 0.6 is 11.6 Å². The van der Waals surface area contributed by atoms with Crippen molar-refractivity contribution in [3.8, 4) is 11.8 Å². The predicted octanol–water partition coefficient (Wildman–Crippen LogP) is 4.02. The molecule has 2 rings (SSSR count). The number of nitriles is 1. The zero-order valence-corrected chi connectivity index (χ0v) is 13.8. The zero-order valence-electron chi connectivity index (χ0n) is 13.1. The topological polar surface area (TPSA) is 53.3 Å². The Morgan fingerprint density at radius 3 is 2.58 bits per heavy atom. The van der Waals surface area contributed by atoms with Crippen LogP contribution in [-0.2, 0) is 0 Å². The van der Waals surface area contributed by atoms with Crippen molar-refractivity contribution in [1.82, 2.24) is 4.90 Å². The van der Waals surface area contributed by atoms with E-state index in [9.17, 15) is 9.18 Å². The number of benzene rings is 2. The van der Waals surface area contributed by atoms with E-state index in [4.69, 9.17) is 21.6 Å². The van der Waals surface area contributed by atoms with Crippen LogP contribution in [0.3, 0.4) is 0 Å². The Morgan fingerprint density at radius 2 is 2.00 bits per heavy atom. The highest BCUT2D eigenvalue weighted by Gasteiger charge is 2.19.